The van der Waals surface area contributed by atoms with Gasteiger partial charge in [-0.05, 0) is 37.1 Å². The normalized spacial score (nSPS) is 18.0. The summed E-state index contributed by atoms with van der Waals surface area (Å²) in [5, 5.41) is 3.13. The number of rotatable bonds is 3. The Morgan fingerprint density at radius 3 is 2.54 bits per heavy atom. The molecule has 2 aliphatic heterocycles. The topological polar surface area (TPSA) is 84.9 Å². The van der Waals surface area contributed by atoms with Gasteiger partial charge in [0, 0.05) is 23.7 Å². The Labute approximate surface area is 168 Å². The highest BCUT2D eigenvalue weighted by molar-refractivity contribution is 7.92. The fraction of sp³-hybridized carbons (Fsp3) is 0.316. The number of sulfonamides is 1. The highest BCUT2D eigenvalue weighted by Crippen LogP contribution is 2.38. The third kappa shape index (κ3) is 3.38. The number of nitrogens with zero attached hydrogens (tertiary/aromatic N) is 1. The van der Waals surface area contributed by atoms with Gasteiger partial charge in [-0.1, -0.05) is 11.6 Å². The molecule has 28 heavy (non-hydrogen) atoms. The Kier molecular flexibility index (Phi) is 4.63. The molecule has 0 aromatic heterocycles. The van der Waals surface area contributed by atoms with E-state index in [1.165, 1.54) is 10.6 Å². The van der Waals surface area contributed by atoms with E-state index in [9.17, 15) is 13.2 Å². The van der Waals surface area contributed by atoms with Gasteiger partial charge in [0.05, 0.1) is 22.7 Å². The molecular formula is C19H19ClN2O5S. The molecule has 0 saturated heterocycles. The summed E-state index contributed by atoms with van der Waals surface area (Å²) in [5.74, 6) is 0.728. The maximum atomic E-state index is 12.7. The SMILES string of the molecule is CC1Cc2cc(C(=O)Nc3cc4c(cc3Cl)OCCO4)ccc2N1S(C)(=O)=O. The number of ether oxygens (including phenoxy) is 2. The summed E-state index contributed by atoms with van der Waals surface area (Å²) in [4.78, 5) is 12.7. The molecule has 148 valence electrons. The number of fused-ring (bicyclic) bond motifs is 2. The zero-order chi connectivity index (χ0) is 20.1. The molecule has 0 bridgehead atoms. The first kappa shape index (κ1) is 18.9. The lowest BCUT2D eigenvalue weighted by Gasteiger charge is -2.22. The minimum Gasteiger partial charge on any atom is -0.486 e. The van der Waals surface area contributed by atoms with E-state index >= 15 is 0 Å². The summed E-state index contributed by atoms with van der Waals surface area (Å²) in [6.07, 6.45) is 1.73. The number of benzene rings is 2. The Morgan fingerprint density at radius 2 is 1.86 bits per heavy atom. The Morgan fingerprint density at radius 1 is 1.18 bits per heavy atom. The van der Waals surface area contributed by atoms with Gasteiger partial charge in [0.25, 0.3) is 5.91 Å². The molecule has 2 heterocycles. The average molecular weight is 423 g/mol. The molecule has 1 unspecified atom stereocenters. The van der Waals surface area contributed by atoms with Gasteiger partial charge < -0.3 is 14.8 Å². The minimum atomic E-state index is -3.37. The van der Waals surface area contributed by atoms with Crippen molar-refractivity contribution in [1.82, 2.24) is 0 Å². The van der Waals surface area contributed by atoms with Crippen molar-refractivity contribution in [3.63, 3.8) is 0 Å². The summed E-state index contributed by atoms with van der Waals surface area (Å²) >= 11 is 6.25. The van der Waals surface area contributed by atoms with Crippen LogP contribution in [0.1, 0.15) is 22.8 Å². The monoisotopic (exact) mass is 422 g/mol. The van der Waals surface area contributed by atoms with Crippen LogP contribution in [0.5, 0.6) is 11.5 Å². The first-order valence-corrected chi connectivity index (χ1v) is 11.0. The summed E-state index contributed by atoms with van der Waals surface area (Å²) in [7, 11) is -3.37. The van der Waals surface area contributed by atoms with Crippen LogP contribution in [-0.4, -0.2) is 39.8 Å². The van der Waals surface area contributed by atoms with E-state index in [4.69, 9.17) is 21.1 Å². The van der Waals surface area contributed by atoms with E-state index in [2.05, 4.69) is 5.32 Å². The van der Waals surface area contributed by atoms with Gasteiger partial charge in [-0.15, -0.1) is 0 Å². The summed E-state index contributed by atoms with van der Waals surface area (Å²) < 4.78 is 36.4. The van der Waals surface area contributed by atoms with Gasteiger partial charge in [-0.25, -0.2) is 8.42 Å². The van der Waals surface area contributed by atoms with Crippen molar-refractivity contribution >= 4 is 38.9 Å². The summed E-state index contributed by atoms with van der Waals surface area (Å²) in [6, 6.07) is 8.06. The number of carbonyl (C=O) groups is 1. The van der Waals surface area contributed by atoms with E-state index in [-0.39, 0.29) is 11.9 Å². The van der Waals surface area contributed by atoms with Gasteiger partial charge >= 0.3 is 0 Å². The van der Waals surface area contributed by atoms with Crippen molar-refractivity contribution in [3.8, 4) is 11.5 Å². The third-order valence-electron chi connectivity index (χ3n) is 4.73. The van der Waals surface area contributed by atoms with E-state index in [1.54, 1.807) is 30.3 Å². The number of hydrogen-bond acceptors (Lipinski definition) is 5. The molecule has 0 saturated carbocycles. The third-order valence-corrected chi connectivity index (χ3v) is 6.32. The van der Waals surface area contributed by atoms with Gasteiger partial charge in [-0.3, -0.25) is 9.10 Å². The zero-order valence-electron chi connectivity index (χ0n) is 15.4. The highest BCUT2D eigenvalue weighted by atomic mass is 35.5. The minimum absolute atomic E-state index is 0.185. The van der Waals surface area contributed by atoms with Gasteiger partial charge in [-0.2, -0.15) is 0 Å². The molecule has 2 aromatic carbocycles. The van der Waals surface area contributed by atoms with Gasteiger partial charge in [0.15, 0.2) is 11.5 Å². The van der Waals surface area contributed by atoms with Gasteiger partial charge in [0.2, 0.25) is 10.0 Å². The smallest absolute Gasteiger partial charge is 0.255 e. The maximum Gasteiger partial charge on any atom is 0.255 e. The molecule has 7 nitrogen and oxygen atoms in total. The highest BCUT2D eigenvalue weighted by Gasteiger charge is 2.32. The molecule has 2 aliphatic rings. The van der Waals surface area contributed by atoms with Crippen molar-refractivity contribution in [1.29, 1.82) is 0 Å². The van der Waals surface area contributed by atoms with Crippen molar-refractivity contribution in [2.75, 3.05) is 29.1 Å². The van der Waals surface area contributed by atoms with Gasteiger partial charge in [0.1, 0.15) is 13.2 Å². The molecule has 1 amide bonds. The second kappa shape index (κ2) is 6.86. The second-order valence-electron chi connectivity index (χ2n) is 6.89. The standard InChI is InChI=1S/C19H19ClN2O5S/c1-11-7-13-8-12(3-4-16(13)22(11)28(2,24)25)19(23)21-15-10-18-17(9-14(15)20)26-5-6-27-18/h3-4,8-11H,5-7H2,1-2H3,(H,21,23). The fourth-order valence-electron chi connectivity index (χ4n) is 3.60. The number of nitrogens with one attached hydrogen (secondary N) is 1. The van der Waals surface area contributed by atoms with Crippen LogP contribution in [0.2, 0.25) is 5.02 Å². The molecule has 0 aliphatic carbocycles. The molecule has 9 heteroatoms. The van der Waals surface area contributed by atoms with E-state index < -0.39 is 10.0 Å². The zero-order valence-corrected chi connectivity index (χ0v) is 16.9. The van der Waals surface area contributed by atoms with Crippen LogP contribution < -0.4 is 19.1 Å². The first-order valence-electron chi connectivity index (χ1n) is 8.77. The van der Waals surface area contributed by atoms with Crippen LogP contribution in [0.4, 0.5) is 11.4 Å². The Balaban J connectivity index is 1.60. The van der Waals surface area contributed by atoms with Crippen LogP contribution in [-0.2, 0) is 16.4 Å². The van der Waals surface area contributed by atoms with E-state index in [1.807, 2.05) is 6.92 Å². The first-order chi connectivity index (χ1) is 13.2. The summed E-state index contributed by atoms with van der Waals surface area (Å²) in [6.45, 7) is 2.73. The van der Waals surface area contributed by atoms with Crippen LogP contribution in [0, 0.1) is 0 Å². The van der Waals surface area contributed by atoms with E-state index in [0.29, 0.717) is 53.1 Å². The molecule has 4 rings (SSSR count). The largest absolute Gasteiger partial charge is 0.486 e. The van der Waals surface area contributed by atoms with Crippen LogP contribution in [0.15, 0.2) is 30.3 Å². The predicted octanol–water partition coefficient (Wildman–Crippen LogP) is 3.07. The number of anilines is 2. The van der Waals surface area contributed by atoms with Crippen molar-refractivity contribution in [2.45, 2.75) is 19.4 Å². The molecule has 2 aromatic rings. The Bertz CT molecular complexity index is 1070. The predicted molar refractivity (Wildman–Crippen MR) is 107 cm³/mol. The molecule has 1 N–H and O–H groups in total. The van der Waals surface area contributed by atoms with E-state index in [0.717, 1.165) is 5.56 Å². The van der Waals surface area contributed by atoms with Crippen molar-refractivity contribution < 1.29 is 22.7 Å². The average Bonchev–Trinajstić information content (AvgIpc) is 2.97. The maximum absolute atomic E-state index is 12.7. The Hall–Kier alpha value is -2.45. The van der Waals surface area contributed by atoms with Crippen molar-refractivity contribution in [2.24, 2.45) is 0 Å². The molecular weight excluding hydrogens is 404 g/mol. The lowest BCUT2D eigenvalue weighted by atomic mass is 10.1. The molecule has 0 radical (unpaired) electrons. The fourth-order valence-corrected chi connectivity index (χ4v) is 5.07. The van der Waals surface area contributed by atoms with Crippen LogP contribution in [0.25, 0.3) is 0 Å². The van der Waals surface area contributed by atoms with Crippen LogP contribution in [0.3, 0.4) is 0 Å². The lowest BCUT2D eigenvalue weighted by molar-refractivity contribution is 0.102. The van der Waals surface area contributed by atoms with Crippen molar-refractivity contribution in [3.05, 3.63) is 46.5 Å². The van der Waals surface area contributed by atoms with Crippen LogP contribution >= 0.6 is 11.6 Å². The number of hydrogen-bond donors (Lipinski definition) is 1. The lowest BCUT2D eigenvalue weighted by Crippen LogP contribution is -2.34. The number of carbonyl (C=O) groups excluding carboxylic acids is 1. The quantitative estimate of drug-likeness (QED) is 0.821. The summed E-state index contributed by atoms with van der Waals surface area (Å²) in [5.41, 5.74) is 2.28. The number of amides is 1. The second-order valence-corrected chi connectivity index (χ2v) is 9.15. The number of halogens is 1. The molecule has 0 spiro atoms. The molecule has 0 fully saturated rings. The molecule has 1 atom stereocenters.